The number of ether oxygens (including phenoxy) is 2. The zero-order valence-electron chi connectivity index (χ0n) is 22.6. The van der Waals surface area contributed by atoms with Gasteiger partial charge in [0.25, 0.3) is 5.91 Å². The summed E-state index contributed by atoms with van der Waals surface area (Å²) in [6.45, 7) is 4.80. The maximum atomic E-state index is 13.9. The first-order chi connectivity index (χ1) is 18.9. The second-order valence-corrected chi connectivity index (χ2v) is 9.94. The van der Waals surface area contributed by atoms with Gasteiger partial charge in [-0.15, -0.1) is 0 Å². The molecule has 0 spiro atoms. The van der Waals surface area contributed by atoms with Crippen molar-refractivity contribution in [2.24, 2.45) is 5.92 Å². The van der Waals surface area contributed by atoms with Gasteiger partial charge in [-0.2, -0.15) is 5.10 Å². The average molecular weight is 524 g/mol. The molecular weight excluding hydrogens is 490 g/mol. The molecule has 5 rings (SSSR count). The molecule has 39 heavy (non-hydrogen) atoms. The highest BCUT2D eigenvalue weighted by atomic mass is 16.5. The lowest BCUT2D eigenvalue weighted by Gasteiger charge is -2.19. The maximum absolute atomic E-state index is 13.9. The van der Waals surface area contributed by atoms with Crippen LogP contribution in [0.1, 0.15) is 48.1 Å². The molecule has 0 radical (unpaired) electrons. The smallest absolute Gasteiger partial charge is 0.255 e. The van der Waals surface area contributed by atoms with Gasteiger partial charge in [-0.25, -0.2) is 4.98 Å². The molecule has 8 heteroatoms. The minimum absolute atomic E-state index is 0.217. The Kier molecular flexibility index (Phi) is 7.63. The Labute approximate surface area is 228 Å². The molecule has 2 N–H and O–H groups in total. The van der Waals surface area contributed by atoms with Gasteiger partial charge in [-0.05, 0) is 48.2 Å². The number of benzene rings is 3. The van der Waals surface area contributed by atoms with Crippen LogP contribution < -0.4 is 14.8 Å². The van der Waals surface area contributed by atoms with Gasteiger partial charge in [0, 0.05) is 11.8 Å². The molecule has 3 aromatic carbocycles. The average Bonchev–Trinajstić information content (AvgIpc) is 3.57. The van der Waals surface area contributed by atoms with Crippen LogP contribution in [0.15, 0.2) is 79.0 Å². The number of H-pyrrole nitrogens is 1. The van der Waals surface area contributed by atoms with Crippen LogP contribution in [0.4, 0.5) is 0 Å². The lowest BCUT2D eigenvalue weighted by atomic mass is 10.0. The van der Waals surface area contributed by atoms with Crippen molar-refractivity contribution >= 4 is 16.9 Å². The Morgan fingerprint density at radius 3 is 2.44 bits per heavy atom. The summed E-state index contributed by atoms with van der Waals surface area (Å²) in [5.41, 5.74) is 4.70. The Morgan fingerprint density at radius 2 is 1.72 bits per heavy atom. The number of nitrogens with zero attached hydrogens (tertiary/aromatic N) is 3. The Bertz CT molecular complexity index is 1540. The first-order valence-electron chi connectivity index (χ1n) is 13.0. The Balaban J connectivity index is 1.52. The topological polar surface area (TPSA) is 94.1 Å². The highest BCUT2D eigenvalue weighted by Crippen LogP contribution is 2.33. The number of aromatic amines is 1. The molecule has 0 saturated heterocycles. The van der Waals surface area contributed by atoms with Crippen LogP contribution in [0, 0.1) is 5.92 Å². The quantitative estimate of drug-likeness (QED) is 0.234. The Morgan fingerprint density at radius 1 is 0.974 bits per heavy atom. The molecule has 1 unspecified atom stereocenters. The van der Waals surface area contributed by atoms with Crippen molar-refractivity contribution in [1.29, 1.82) is 0 Å². The molecule has 0 bridgehead atoms. The van der Waals surface area contributed by atoms with E-state index in [4.69, 9.17) is 19.6 Å². The third-order valence-electron chi connectivity index (χ3n) is 6.60. The number of amides is 1. The molecule has 0 aliphatic rings. The van der Waals surface area contributed by atoms with Crippen LogP contribution >= 0.6 is 0 Å². The molecular formula is C31H33N5O3. The number of methoxy groups -OCH3 is 2. The number of fused-ring (bicyclic) bond motifs is 1. The van der Waals surface area contributed by atoms with Crippen molar-refractivity contribution < 1.29 is 14.3 Å². The number of aromatic nitrogens is 4. The van der Waals surface area contributed by atoms with E-state index in [9.17, 15) is 4.79 Å². The van der Waals surface area contributed by atoms with Crippen LogP contribution in [-0.2, 0) is 6.54 Å². The molecule has 1 amide bonds. The lowest BCUT2D eigenvalue weighted by Crippen LogP contribution is -2.30. The summed E-state index contributed by atoms with van der Waals surface area (Å²) in [7, 11) is 3.19. The van der Waals surface area contributed by atoms with Crippen LogP contribution in [0.5, 0.6) is 11.5 Å². The monoisotopic (exact) mass is 523 g/mol. The molecule has 5 aromatic rings. The number of para-hydroxylation sites is 2. The first kappa shape index (κ1) is 26.0. The Hall–Kier alpha value is -4.59. The third-order valence-corrected chi connectivity index (χ3v) is 6.60. The number of nitrogens with one attached hydrogen (secondary N) is 2. The van der Waals surface area contributed by atoms with Crippen molar-refractivity contribution in [3.63, 3.8) is 0 Å². The van der Waals surface area contributed by atoms with E-state index in [2.05, 4.69) is 24.1 Å². The van der Waals surface area contributed by atoms with Crippen molar-refractivity contribution in [3.05, 3.63) is 95.9 Å². The van der Waals surface area contributed by atoms with Crippen molar-refractivity contribution in [2.75, 3.05) is 14.2 Å². The van der Waals surface area contributed by atoms with E-state index in [0.717, 1.165) is 34.4 Å². The van der Waals surface area contributed by atoms with E-state index in [-0.39, 0.29) is 11.9 Å². The molecule has 0 fully saturated rings. The minimum atomic E-state index is -0.291. The third kappa shape index (κ3) is 5.80. The molecule has 1 atom stereocenters. The molecule has 200 valence electrons. The predicted molar refractivity (Wildman–Crippen MR) is 152 cm³/mol. The van der Waals surface area contributed by atoms with E-state index in [1.54, 1.807) is 25.1 Å². The van der Waals surface area contributed by atoms with Gasteiger partial charge in [0.1, 0.15) is 11.5 Å². The summed E-state index contributed by atoms with van der Waals surface area (Å²) in [4.78, 5) is 22.1. The molecule has 2 aromatic heterocycles. The predicted octanol–water partition coefficient (Wildman–Crippen LogP) is 6.01. The van der Waals surface area contributed by atoms with Gasteiger partial charge >= 0.3 is 0 Å². The second-order valence-electron chi connectivity index (χ2n) is 9.94. The number of imidazole rings is 1. The fraction of sp³-hybridized carbons (Fsp3) is 0.258. The second kappa shape index (κ2) is 11.4. The fourth-order valence-electron chi connectivity index (χ4n) is 4.72. The molecule has 0 aliphatic carbocycles. The molecule has 0 saturated carbocycles. The first-order valence-corrected chi connectivity index (χ1v) is 13.0. The highest BCUT2D eigenvalue weighted by molar-refractivity contribution is 6.00. The van der Waals surface area contributed by atoms with Crippen molar-refractivity contribution in [3.8, 4) is 22.8 Å². The summed E-state index contributed by atoms with van der Waals surface area (Å²) in [6.07, 6.45) is 2.54. The van der Waals surface area contributed by atoms with Gasteiger partial charge in [-0.1, -0.05) is 56.3 Å². The standard InChI is InChI=1S/C31H33N5O3/c1-20(2)16-26(30-32-24-12-8-9-13-25(24)33-30)34-31(37)23-19-36(18-21-10-6-5-7-11-21)35-29(23)22-14-15-27(38-3)28(17-22)39-4/h5-15,17,19-20,26H,16,18H2,1-4H3,(H,32,33)(H,34,37). The van der Waals surface area contributed by atoms with E-state index in [1.165, 1.54) is 0 Å². The number of carbonyl (C=O) groups excluding carboxylic acids is 1. The van der Waals surface area contributed by atoms with E-state index in [0.29, 0.717) is 35.2 Å². The molecule has 8 nitrogen and oxygen atoms in total. The maximum Gasteiger partial charge on any atom is 0.255 e. The van der Waals surface area contributed by atoms with Crippen molar-refractivity contribution in [2.45, 2.75) is 32.9 Å². The normalized spacial score (nSPS) is 12.0. The molecule has 2 heterocycles. The zero-order valence-corrected chi connectivity index (χ0v) is 22.6. The van der Waals surface area contributed by atoms with Gasteiger partial charge in [0.2, 0.25) is 0 Å². The summed E-state index contributed by atoms with van der Waals surface area (Å²) >= 11 is 0. The largest absolute Gasteiger partial charge is 0.493 e. The van der Waals surface area contributed by atoms with Crippen LogP contribution in [0.25, 0.3) is 22.3 Å². The summed E-state index contributed by atoms with van der Waals surface area (Å²) in [5.74, 6) is 2.04. The van der Waals surface area contributed by atoms with Crippen LogP contribution in [-0.4, -0.2) is 39.9 Å². The number of hydrogen-bond donors (Lipinski definition) is 2. The number of hydrogen-bond acceptors (Lipinski definition) is 5. The fourth-order valence-corrected chi connectivity index (χ4v) is 4.72. The van der Waals surface area contributed by atoms with Crippen molar-refractivity contribution in [1.82, 2.24) is 25.1 Å². The highest BCUT2D eigenvalue weighted by Gasteiger charge is 2.25. The SMILES string of the molecule is COc1ccc(-c2nn(Cc3ccccc3)cc2C(=O)NC(CC(C)C)c2nc3ccccc3[nH]2)cc1OC. The summed E-state index contributed by atoms with van der Waals surface area (Å²) < 4.78 is 12.7. The number of carbonyl (C=O) groups is 1. The minimum Gasteiger partial charge on any atom is -0.493 e. The van der Waals surface area contributed by atoms with Crippen LogP contribution in [0.3, 0.4) is 0 Å². The van der Waals surface area contributed by atoms with Gasteiger partial charge in [0.15, 0.2) is 11.5 Å². The number of rotatable bonds is 10. The van der Waals surface area contributed by atoms with Gasteiger partial charge in [-0.3, -0.25) is 9.48 Å². The van der Waals surface area contributed by atoms with Gasteiger partial charge < -0.3 is 19.8 Å². The summed E-state index contributed by atoms with van der Waals surface area (Å²) in [6, 6.07) is 23.2. The van der Waals surface area contributed by atoms with E-state index >= 15 is 0 Å². The van der Waals surface area contributed by atoms with Gasteiger partial charge in [0.05, 0.1) is 43.4 Å². The molecule has 0 aliphatic heterocycles. The zero-order chi connectivity index (χ0) is 27.4. The lowest BCUT2D eigenvalue weighted by molar-refractivity contribution is 0.0930. The van der Waals surface area contributed by atoms with Crippen LogP contribution in [0.2, 0.25) is 0 Å². The van der Waals surface area contributed by atoms with E-state index < -0.39 is 0 Å². The summed E-state index contributed by atoms with van der Waals surface area (Å²) in [5, 5.41) is 8.08. The van der Waals surface area contributed by atoms with E-state index in [1.807, 2.05) is 72.8 Å².